The van der Waals surface area contributed by atoms with Crippen LogP contribution < -0.4 is 14.8 Å². The SMILES string of the molecule is COc1cc(/C=C2/SC(=Nc3cccc(Cl)c3Cl)NC2=O)cc(Br)c1OC(C)C. The molecule has 152 valence electrons. The van der Waals surface area contributed by atoms with Gasteiger partial charge in [0.25, 0.3) is 5.91 Å². The number of benzene rings is 2. The third-order valence-electron chi connectivity index (χ3n) is 3.71. The topological polar surface area (TPSA) is 59.9 Å². The van der Waals surface area contributed by atoms with E-state index in [1.54, 1.807) is 31.4 Å². The summed E-state index contributed by atoms with van der Waals surface area (Å²) in [6.07, 6.45) is 1.76. The lowest BCUT2D eigenvalue weighted by atomic mass is 10.2. The number of hydrogen-bond acceptors (Lipinski definition) is 5. The Bertz CT molecular complexity index is 1030. The van der Waals surface area contributed by atoms with E-state index in [1.165, 1.54) is 11.8 Å². The minimum Gasteiger partial charge on any atom is -0.493 e. The lowest BCUT2D eigenvalue weighted by Crippen LogP contribution is -2.19. The standard InChI is InChI=1S/C20H17BrCl2N2O3S/c1-10(2)28-18-12(21)7-11(8-15(18)27-3)9-16-19(26)25-20(29-16)24-14-6-4-5-13(22)17(14)23/h4-10H,1-3H3,(H,24,25,26)/b16-9+. The van der Waals surface area contributed by atoms with E-state index < -0.39 is 0 Å². The van der Waals surface area contributed by atoms with Crippen molar-refractivity contribution in [2.75, 3.05) is 7.11 Å². The number of halogens is 3. The Balaban J connectivity index is 1.89. The van der Waals surface area contributed by atoms with Crippen LogP contribution in [0.4, 0.5) is 5.69 Å². The van der Waals surface area contributed by atoms with Gasteiger partial charge >= 0.3 is 0 Å². The Kier molecular flexibility index (Phi) is 7.16. The molecule has 9 heteroatoms. The summed E-state index contributed by atoms with van der Waals surface area (Å²) in [4.78, 5) is 17.3. The number of rotatable bonds is 5. The zero-order valence-electron chi connectivity index (χ0n) is 15.8. The van der Waals surface area contributed by atoms with Crippen molar-refractivity contribution in [3.8, 4) is 11.5 Å². The van der Waals surface area contributed by atoms with Gasteiger partial charge in [0, 0.05) is 0 Å². The first-order chi connectivity index (χ1) is 13.8. The summed E-state index contributed by atoms with van der Waals surface area (Å²) in [5.74, 6) is 0.943. The second-order valence-electron chi connectivity index (χ2n) is 6.26. The van der Waals surface area contributed by atoms with Gasteiger partial charge in [0.1, 0.15) is 0 Å². The highest BCUT2D eigenvalue weighted by atomic mass is 79.9. The summed E-state index contributed by atoms with van der Waals surface area (Å²) in [7, 11) is 1.57. The highest BCUT2D eigenvalue weighted by Gasteiger charge is 2.24. The maximum atomic E-state index is 12.4. The second-order valence-corrected chi connectivity index (χ2v) is 8.93. The summed E-state index contributed by atoms with van der Waals surface area (Å²) < 4.78 is 12.0. The molecule has 0 atom stereocenters. The van der Waals surface area contributed by atoms with Crippen LogP contribution >= 0.6 is 50.9 Å². The van der Waals surface area contributed by atoms with Crippen molar-refractivity contribution in [3.05, 3.63) is 55.3 Å². The van der Waals surface area contributed by atoms with Crippen LogP contribution in [0.2, 0.25) is 10.0 Å². The molecule has 0 unspecified atom stereocenters. The molecule has 0 spiro atoms. The van der Waals surface area contributed by atoms with Crippen LogP contribution in [0, 0.1) is 0 Å². The molecule has 2 aromatic carbocycles. The number of nitrogens with zero attached hydrogens (tertiary/aromatic N) is 1. The van der Waals surface area contributed by atoms with Crippen molar-refractivity contribution < 1.29 is 14.3 Å². The fraction of sp³-hybridized carbons (Fsp3) is 0.200. The van der Waals surface area contributed by atoms with E-state index in [4.69, 9.17) is 32.7 Å². The quantitative estimate of drug-likeness (QED) is 0.465. The molecule has 2 aromatic rings. The molecule has 1 aliphatic rings. The van der Waals surface area contributed by atoms with E-state index in [-0.39, 0.29) is 12.0 Å². The van der Waals surface area contributed by atoms with Crippen LogP contribution in [0.5, 0.6) is 11.5 Å². The molecule has 1 saturated heterocycles. The average Bonchev–Trinajstić information content (AvgIpc) is 2.99. The van der Waals surface area contributed by atoms with Crippen molar-refractivity contribution in [3.63, 3.8) is 0 Å². The van der Waals surface area contributed by atoms with Gasteiger partial charge < -0.3 is 14.8 Å². The number of thioether (sulfide) groups is 1. The Morgan fingerprint density at radius 3 is 2.72 bits per heavy atom. The third kappa shape index (κ3) is 5.28. The van der Waals surface area contributed by atoms with Gasteiger partial charge in [0.05, 0.1) is 38.3 Å². The molecule has 29 heavy (non-hydrogen) atoms. The smallest absolute Gasteiger partial charge is 0.264 e. The van der Waals surface area contributed by atoms with E-state index in [9.17, 15) is 4.79 Å². The molecular weight excluding hydrogens is 499 g/mol. The number of amides is 1. The number of ether oxygens (including phenoxy) is 2. The average molecular weight is 516 g/mol. The van der Waals surface area contributed by atoms with Crippen LogP contribution in [0.1, 0.15) is 19.4 Å². The Morgan fingerprint density at radius 2 is 2.03 bits per heavy atom. The monoisotopic (exact) mass is 514 g/mol. The minimum absolute atomic E-state index is 0.00217. The Morgan fingerprint density at radius 1 is 1.28 bits per heavy atom. The summed E-state index contributed by atoms with van der Waals surface area (Å²) in [6, 6.07) is 8.83. The Hall–Kier alpha value is -1.67. The van der Waals surface area contributed by atoms with Crippen LogP contribution in [0.3, 0.4) is 0 Å². The zero-order chi connectivity index (χ0) is 21.1. The fourth-order valence-electron chi connectivity index (χ4n) is 2.49. The van der Waals surface area contributed by atoms with Gasteiger partial charge in [-0.25, -0.2) is 4.99 Å². The largest absolute Gasteiger partial charge is 0.493 e. The lowest BCUT2D eigenvalue weighted by molar-refractivity contribution is -0.115. The van der Waals surface area contributed by atoms with Gasteiger partial charge in [-0.3, -0.25) is 4.79 Å². The van der Waals surface area contributed by atoms with Gasteiger partial charge in [-0.2, -0.15) is 0 Å². The molecule has 1 aliphatic heterocycles. The molecule has 1 amide bonds. The first kappa shape index (κ1) is 22.0. The Labute approximate surface area is 191 Å². The first-order valence-electron chi connectivity index (χ1n) is 8.56. The number of hydrogen-bond donors (Lipinski definition) is 1. The number of amidine groups is 1. The van der Waals surface area contributed by atoms with Gasteiger partial charge in [-0.1, -0.05) is 29.3 Å². The fourth-order valence-corrected chi connectivity index (χ4v) is 4.22. The van der Waals surface area contributed by atoms with Gasteiger partial charge in [-0.05, 0) is 77.4 Å². The molecule has 5 nitrogen and oxygen atoms in total. The van der Waals surface area contributed by atoms with E-state index in [2.05, 4.69) is 26.2 Å². The summed E-state index contributed by atoms with van der Waals surface area (Å²) in [5, 5.41) is 3.90. The van der Waals surface area contributed by atoms with Crippen LogP contribution in [-0.4, -0.2) is 24.3 Å². The molecule has 3 rings (SSSR count). The van der Waals surface area contributed by atoms with E-state index in [0.717, 1.165) is 10.0 Å². The van der Waals surface area contributed by atoms with Crippen molar-refractivity contribution in [2.24, 2.45) is 4.99 Å². The number of carbonyl (C=O) groups excluding carboxylic acids is 1. The van der Waals surface area contributed by atoms with E-state index in [0.29, 0.717) is 37.3 Å². The van der Waals surface area contributed by atoms with Gasteiger partial charge in [0.2, 0.25) is 0 Å². The van der Waals surface area contributed by atoms with Crippen LogP contribution in [0.25, 0.3) is 6.08 Å². The normalized spacial score (nSPS) is 16.6. The van der Waals surface area contributed by atoms with Crippen molar-refractivity contribution in [1.82, 2.24) is 5.32 Å². The molecule has 1 fully saturated rings. The maximum absolute atomic E-state index is 12.4. The number of nitrogens with one attached hydrogen (secondary N) is 1. The first-order valence-corrected chi connectivity index (χ1v) is 10.9. The predicted octanol–water partition coefficient (Wildman–Crippen LogP) is 6.44. The number of methoxy groups -OCH3 is 1. The van der Waals surface area contributed by atoms with E-state index >= 15 is 0 Å². The number of aliphatic imine (C=N–C) groups is 1. The highest BCUT2D eigenvalue weighted by Crippen LogP contribution is 2.39. The van der Waals surface area contributed by atoms with Crippen molar-refractivity contribution in [2.45, 2.75) is 20.0 Å². The van der Waals surface area contributed by atoms with Crippen LogP contribution in [0.15, 0.2) is 44.7 Å². The molecule has 0 radical (unpaired) electrons. The summed E-state index contributed by atoms with van der Waals surface area (Å²) in [6.45, 7) is 3.88. The molecule has 1 heterocycles. The molecule has 0 aliphatic carbocycles. The van der Waals surface area contributed by atoms with Gasteiger partial charge in [-0.15, -0.1) is 0 Å². The highest BCUT2D eigenvalue weighted by molar-refractivity contribution is 9.10. The second kappa shape index (κ2) is 9.43. The zero-order valence-corrected chi connectivity index (χ0v) is 19.7. The molecule has 0 saturated carbocycles. The summed E-state index contributed by atoms with van der Waals surface area (Å²) in [5.41, 5.74) is 1.27. The molecule has 1 N–H and O–H groups in total. The maximum Gasteiger partial charge on any atom is 0.264 e. The van der Waals surface area contributed by atoms with Crippen molar-refractivity contribution >= 4 is 73.7 Å². The lowest BCUT2D eigenvalue weighted by Gasteiger charge is -2.16. The third-order valence-corrected chi connectivity index (χ3v) is 6.02. The van der Waals surface area contributed by atoms with Crippen molar-refractivity contribution in [1.29, 1.82) is 0 Å². The minimum atomic E-state index is -0.246. The van der Waals surface area contributed by atoms with Crippen LogP contribution in [-0.2, 0) is 4.79 Å². The van der Waals surface area contributed by atoms with E-state index in [1.807, 2.05) is 26.0 Å². The van der Waals surface area contributed by atoms with Gasteiger partial charge in [0.15, 0.2) is 16.7 Å². The molecule has 0 aromatic heterocycles. The number of carbonyl (C=O) groups is 1. The molecule has 0 bridgehead atoms. The molecular formula is C20H17BrCl2N2O3S. The summed E-state index contributed by atoms with van der Waals surface area (Å²) >= 11 is 16.9. The predicted molar refractivity (Wildman–Crippen MR) is 124 cm³/mol.